The van der Waals surface area contributed by atoms with Crippen LogP contribution in [0.15, 0.2) is 17.0 Å². The summed E-state index contributed by atoms with van der Waals surface area (Å²) in [4.78, 5) is 10.9. The molecule has 0 fully saturated rings. The summed E-state index contributed by atoms with van der Waals surface area (Å²) in [6, 6.07) is 1.12. The number of anilines is 1. The van der Waals surface area contributed by atoms with E-state index in [1.807, 2.05) is 13.8 Å². The van der Waals surface area contributed by atoms with Gasteiger partial charge in [0, 0.05) is 17.1 Å². The second-order valence-corrected chi connectivity index (χ2v) is 7.03. The molecule has 0 radical (unpaired) electrons. The van der Waals surface area contributed by atoms with Crippen molar-refractivity contribution in [1.82, 2.24) is 0 Å². The van der Waals surface area contributed by atoms with E-state index in [1.165, 1.54) is 0 Å². The van der Waals surface area contributed by atoms with E-state index in [2.05, 4.69) is 5.32 Å². The maximum Gasteiger partial charge on any atom is 0.261 e. The Labute approximate surface area is 120 Å². The molecular weight excluding hydrogens is 312 g/mol. The molecule has 0 saturated heterocycles. The highest BCUT2D eigenvalue weighted by Gasteiger charge is 2.19. The van der Waals surface area contributed by atoms with Gasteiger partial charge in [-0.05, 0) is 18.1 Å². The van der Waals surface area contributed by atoms with Crippen LogP contribution in [0.4, 0.5) is 14.5 Å². The van der Waals surface area contributed by atoms with Gasteiger partial charge in [-0.3, -0.25) is 4.79 Å². The van der Waals surface area contributed by atoms with Crippen LogP contribution in [0.1, 0.15) is 26.7 Å². The third-order valence-corrected chi connectivity index (χ3v) is 4.13. The van der Waals surface area contributed by atoms with E-state index < -0.39 is 37.2 Å². The molecular formula is C12H14ClF2NO3S. The topological polar surface area (TPSA) is 63.2 Å². The fourth-order valence-corrected chi connectivity index (χ4v) is 2.22. The van der Waals surface area contributed by atoms with Crippen molar-refractivity contribution >= 4 is 31.3 Å². The van der Waals surface area contributed by atoms with Crippen LogP contribution >= 0.6 is 10.7 Å². The molecule has 1 unspecified atom stereocenters. The fourth-order valence-electron chi connectivity index (χ4n) is 1.46. The number of benzene rings is 1. The molecule has 4 nitrogen and oxygen atoms in total. The first-order valence-electron chi connectivity index (χ1n) is 5.88. The summed E-state index contributed by atoms with van der Waals surface area (Å²) in [5, 5.41) is 2.10. The quantitative estimate of drug-likeness (QED) is 0.845. The first-order chi connectivity index (χ1) is 9.15. The SMILES string of the molecule is CCC(C)CC(=O)Nc1c(F)cc(S(=O)(=O)Cl)cc1F. The maximum atomic E-state index is 13.6. The van der Waals surface area contributed by atoms with Gasteiger partial charge >= 0.3 is 0 Å². The lowest BCUT2D eigenvalue weighted by Gasteiger charge is -2.11. The Morgan fingerprint density at radius 1 is 1.35 bits per heavy atom. The summed E-state index contributed by atoms with van der Waals surface area (Å²) in [6.45, 7) is 3.72. The van der Waals surface area contributed by atoms with Gasteiger partial charge in [0.1, 0.15) is 5.69 Å². The lowest BCUT2D eigenvalue weighted by Crippen LogP contribution is -2.17. The number of hydrogen-bond acceptors (Lipinski definition) is 3. The van der Waals surface area contributed by atoms with E-state index >= 15 is 0 Å². The van der Waals surface area contributed by atoms with Gasteiger partial charge in [-0.15, -0.1) is 0 Å². The Kier molecular flexibility index (Phi) is 5.47. The fraction of sp³-hybridized carbons (Fsp3) is 0.417. The average Bonchev–Trinajstić information content (AvgIpc) is 2.32. The molecule has 112 valence electrons. The molecule has 0 saturated carbocycles. The third kappa shape index (κ3) is 4.42. The highest BCUT2D eigenvalue weighted by molar-refractivity contribution is 8.13. The number of rotatable bonds is 5. The highest BCUT2D eigenvalue weighted by atomic mass is 35.7. The van der Waals surface area contributed by atoms with Crippen molar-refractivity contribution in [1.29, 1.82) is 0 Å². The maximum absolute atomic E-state index is 13.6. The van der Waals surface area contributed by atoms with Crippen LogP contribution in [0.25, 0.3) is 0 Å². The van der Waals surface area contributed by atoms with Gasteiger partial charge in [0.2, 0.25) is 5.91 Å². The number of halogens is 3. The van der Waals surface area contributed by atoms with Gasteiger partial charge in [-0.25, -0.2) is 17.2 Å². The van der Waals surface area contributed by atoms with E-state index in [0.717, 1.165) is 6.42 Å². The minimum absolute atomic E-state index is 0.0728. The molecule has 1 N–H and O–H groups in total. The van der Waals surface area contributed by atoms with E-state index in [9.17, 15) is 22.0 Å². The third-order valence-electron chi connectivity index (χ3n) is 2.79. The summed E-state index contributed by atoms with van der Waals surface area (Å²) in [5.74, 6) is -2.86. The zero-order valence-corrected chi connectivity index (χ0v) is 12.5. The molecule has 0 aromatic heterocycles. The van der Waals surface area contributed by atoms with Crippen molar-refractivity contribution in [3.63, 3.8) is 0 Å². The van der Waals surface area contributed by atoms with Crippen LogP contribution in [-0.4, -0.2) is 14.3 Å². The van der Waals surface area contributed by atoms with E-state index in [0.29, 0.717) is 12.1 Å². The molecule has 0 aliphatic rings. The molecule has 1 atom stereocenters. The van der Waals surface area contributed by atoms with Crippen molar-refractivity contribution in [2.45, 2.75) is 31.6 Å². The van der Waals surface area contributed by atoms with Crippen molar-refractivity contribution in [2.24, 2.45) is 5.92 Å². The summed E-state index contributed by atoms with van der Waals surface area (Å²) < 4.78 is 49.3. The largest absolute Gasteiger partial charge is 0.321 e. The molecule has 1 aromatic carbocycles. The van der Waals surface area contributed by atoms with Gasteiger partial charge in [0.25, 0.3) is 9.05 Å². The minimum Gasteiger partial charge on any atom is -0.321 e. The molecule has 0 aliphatic carbocycles. The summed E-state index contributed by atoms with van der Waals surface area (Å²) in [6.07, 6.45) is 0.868. The van der Waals surface area contributed by atoms with Crippen LogP contribution < -0.4 is 5.32 Å². The van der Waals surface area contributed by atoms with E-state index in [1.54, 1.807) is 0 Å². The van der Waals surface area contributed by atoms with Crippen LogP contribution in [0.2, 0.25) is 0 Å². The van der Waals surface area contributed by atoms with E-state index in [-0.39, 0.29) is 12.3 Å². The van der Waals surface area contributed by atoms with Crippen molar-refractivity contribution in [3.8, 4) is 0 Å². The van der Waals surface area contributed by atoms with Crippen LogP contribution in [0, 0.1) is 17.6 Å². The molecule has 0 heterocycles. The standard InChI is InChI=1S/C12H14ClF2NO3S/c1-3-7(2)4-11(17)16-12-9(14)5-8(6-10(12)15)20(13,18)19/h5-7H,3-4H2,1-2H3,(H,16,17). The molecule has 1 aromatic rings. The molecule has 8 heteroatoms. The van der Waals surface area contributed by atoms with E-state index in [4.69, 9.17) is 10.7 Å². The molecule has 0 aliphatic heterocycles. The van der Waals surface area contributed by atoms with Crippen molar-refractivity contribution < 1.29 is 22.0 Å². The minimum atomic E-state index is -4.24. The Morgan fingerprint density at radius 2 is 1.85 bits per heavy atom. The molecule has 20 heavy (non-hydrogen) atoms. The summed E-state index contributed by atoms with van der Waals surface area (Å²) >= 11 is 0. The predicted molar refractivity (Wildman–Crippen MR) is 72.1 cm³/mol. The van der Waals surface area contributed by atoms with Gasteiger partial charge in [0.05, 0.1) is 4.90 Å². The molecule has 0 spiro atoms. The number of amides is 1. The average molecular weight is 326 g/mol. The zero-order valence-electron chi connectivity index (χ0n) is 10.9. The predicted octanol–water partition coefficient (Wildman–Crippen LogP) is 3.27. The first kappa shape index (κ1) is 16.8. The monoisotopic (exact) mass is 325 g/mol. The smallest absolute Gasteiger partial charge is 0.261 e. The van der Waals surface area contributed by atoms with Crippen LogP contribution in [0.5, 0.6) is 0 Å². The van der Waals surface area contributed by atoms with Gasteiger partial charge < -0.3 is 5.32 Å². The second kappa shape index (κ2) is 6.49. The molecule has 1 rings (SSSR count). The molecule has 1 amide bonds. The Balaban J connectivity index is 3.01. The van der Waals surface area contributed by atoms with Crippen molar-refractivity contribution in [2.75, 3.05) is 5.32 Å². The first-order valence-corrected chi connectivity index (χ1v) is 8.19. The molecule has 0 bridgehead atoms. The lowest BCUT2D eigenvalue weighted by atomic mass is 10.1. The number of carbonyl (C=O) groups excluding carboxylic acids is 1. The number of carbonyl (C=O) groups is 1. The lowest BCUT2D eigenvalue weighted by molar-refractivity contribution is -0.117. The number of nitrogens with one attached hydrogen (secondary N) is 1. The van der Waals surface area contributed by atoms with Gasteiger partial charge in [0.15, 0.2) is 11.6 Å². The van der Waals surface area contributed by atoms with Crippen molar-refractivity contribution in [3.05, 3.63) is 23.8 Å². The van der Waals surface area contributed by atoms with Crippen LogP contribution in [-0.2, 0) is 13.8 Å². The Hall–Kier alpha value is -1.21. The normalized spacial score (nSPS) is 13.1. The summed E-state index contributed by atoms with van der Waals surface area (Å²) in [7, 11) is 0.763. The zero-order chi connectivity index (χ0) is 15.5. The second-order valence-electron chi connectivity index (χ2n) is 4.47. The number of hydrogen-bond donors (Lipinski definition) is 1. The Bertz CT molecular complexity index is 596. The van der Waals surface area contributed by atoms with Crippen LogP contribution in [0.3, 0.4) is 0 Å². The van der Waals surface area contributed by atoms with Gasteiger partial charge in [-0.1, -0.05) is 20.3 Å². The Morgan fingerprint density at radius 3 is 2.25 bits per heavy atom. The van der Waals surface area contributed by atoms with Gasteiger partial charge in [-0.2, -0.15) is 0 Å². The highest BCUT2D eigenvalue weighted by Crippen LogP contribution is 2.25. The summed E-state index contributed by atoms with van der Waals surface area (Å²) in [5.41, 5.74) is -0.678.